The molecule has 0 saturated heterocycles. The fourth-order valence-corrected chi connectivity index (χ4v) is 4.02. The van der Waals surface area contributed by atoms with E-state index in [4.69, 9.17) is 5.26 Å². The second-order valence-electron chi connectivity index (χ2n) is 7.64. The zero-order chi connectivity index (χ0) is 18.7. The second-order valence-corrected chi connectivity index (χ2v) is 7.64. The van der Waals surface area contributed by atoms with Crippen LogP contribution in [0.25, 0.3) is 0 Å². The van der Waals surface area contributed by atoms with Crippen LogP contribution in [0.3, 0.4) is 0 Å². The molecule has 0 atom stereocenters. The van der Waals surface area contributed by atoms with Gasteiger partial charge in [0.25, 0.3) is 0 Å². The average Bonchev–Trinajstić information content (AvgIpc) is 2.85. The lowest BCUT2D eigenvalue weighted by Gasteiger charge is -2.19. The summed E-state index contributed by atoms with van der Waals surface area (Å²) in [4.78, 5) is 2.13. The SMILES string of the molecule is CN(CCC#N)c1ccc(CCC2=[N+](C)c3ccccc3C2(C)C)cc1. The van der Waals surface area contributed by atoms with Crippen LogP contribution in [0.15, 0.2) is 48.5 Å². The van der Waals surface area contributed by atoms with Crippen molar-refractivity contribution in [3.8, 4) is 6.07 Å². The van der Waals surface area contributed by atoms with Crippen LogP contribution in [0.2, 0.25) is 0 Å². The van der Waals surface area contributed by atoms with E-state index in [1.807, 2.05) is 7.05 Å². The number of hydrogen-bond donors (Lipinski definition) is 0. The Morgan fingerprint density at radius 2 is 1.73 bits per heavy atom. The van der Waals surface area contributed by atoms with E-state index in [9.17, 15) is 0 Å². The Bertz CT molecular complexity index is 854. The maximum absolute atomic E-state index is 8.73. The van der Waals surface area contributed by atoms with Crippen LogP contribution in [0.4, 0.5) is 11.4 Å². The molecule has 26 heavy (non-hydrogen) atoms. The molecular formula is C23H28N3+. The van der Waals surface area contributed by atoms with Crippen molar-refractivity contribution in [2.24, 2.45) is 0 Å². The van der Waals surface area contributed by atoms with Crippen LogP contribution in [0.5, 0.6) is 0 Å². The molecule has 0 aliphatic carbocycles. The Labute approximate surface area is 157 Å². The number of fused-ring (bicyclic) bond motifs is 1. The summed E-state index contributed by atoms with van der Waals surface area (Å²) in [6.07, 6.45) is 2.65. The summed E-state index contributed by atoms with van der Waals surface area (Å²) < 4.78 is 2.37. The number of aryl methyl sites for hydroxylation is 1. The monoisotopic (exact) mass is 346 g/mol. The molecule has 0 spiro atoms. The van der Waals surface area contributed by atoms with Gasteiger partial charge in [0, 0.05) is 37.3 Å². The van der Waals surface area contributed by atoms with Gasteiger partial charge in [0.2, 0.25) is 5.69 Å². The highest BCUT2D eigenvalue weighted by atomic mass is 15.1. The third-order valence-electron chi connectivity index (χ3n) is 5.65. The van der Waals surface area contributed by atoms with Crippen LogP contribution in [-0.2, 0) is 11.8 Å². The van der Waals surface area contributed by atoms with Crippen LogP contribution < -0.4 is 4.90 Å². The summed E-state index contributed by atoms with van der Waals surface area (Å²) in [5.41, 5.74) is 6.85. The van der Waals surface area contributed by atoms with Crippen LogP contribution in [-0.4, -0.2) is 30.9 Å². The van der Waals surface area contributed by atoms with Gasteiger partial charge in [-0.25, -0.2) is 4.58 Å². The maximum Gasteiger partial charge on any atom is 0.209 e. The van der Waals surface area contributed by atoms with Gasteiger partial charge in [0.05, 0.1) is 17.9 Å². The zero-order valence-corrected chi connectivity index (χ0v) is 16.3. The van der Waals surface area contributed by atoms with E-state index in [0.717, 1.165) is 19.4 Å². The van der Waals surface area contributed by atoms with Gasteiger partial charge in [0.1, 0.15) is 7.05 Å². The number of benzene rings is 2. The van der Waals surface area contributed by atoms with Crippen molar-refractivity contribution in [2.75, 3.05) is 25.5 Å². The number of nitriles is 1. The Morgan fingerprint density at radius 1 is 1.04 bits per heavy atom. The van der Waals surface area contributed by atoms with Gasteiger partial charge in [-0.3, -0.25) is 0 Å². The van der Waals surface area contributed by atoms with E-state index in [1.54, 1.807) is 0 Å². The third-order valence-corrected chi connectivity index (χ3v) is 5.65. The Kier molecular flexibility index (Phi) is 5.13. The predicted molar refractivity (Wildman–Crippen MR) is 109 cm³/mol. The van der Waals surface area contributed by atoms with Gasteiger partial charge in [0.15, 0.2) is 5.71 Å². The fraction of sp³-hybridized carbons (Fsp3) is 0.391. The Balaban J connectivity index is 1.70. The van der Waals surface area contributed by atoms with Crippen molar-refractivity contribution < 1.29 is 4.58 Å². The molecule has 1 aliphatic heterocycles. The molecule has 1 aliphatic rings. The van der Waals surface area contributed by atoms with Gasteiger partial charge < -0.3 is 4.90 Å². The normalized spacial score (nSPS) is 14.9. The molecule has 3 nitrogen and oxygen atoms in total. The number of nitrogens with zero attached hydrogens (tertiary/aromatic N) is 3. The Hall–Kier alpha value is -2.60. The summed E-state index contributed by atoms with van der Waals surface area (Å²) >= 11 is 0. The smallest absolute Gasteiger partial charge is 0.209 e. The predicted octanol–water partition coefficient (Wildman–Crippen LogP) is 4.68. The molecule has 0 radical (unpaired) electrons. The van der Waals surface area contributed by atoms with Crippen molar-refractivity contribution >= 4 is 17.1 Å². The topological polar surface area (TPSA) is 30.0 Å². The molecule has 134 valence electrons. The summed E-state index contributed by atoms with van der Waals surface area (Å²) in [6.45, 7) is 5.43. The molecule has 0 unspecified atom stereocenters. The summed E-state index contributed by atoms with van der Waals surface area (Å²) in [5, 5.41) is 8.73. The molecule has 2 aromatic rings. The molecule has 0 N–H and O–H groups in total. The van der Waals surface area contributed by atoms with Crippen molar-refractivity contribution in [3.63, 3.8) is 0 Å². The van der Waals surface area contributed by atoms with E-state index in [-0.39, 0.29) is 5.41 Å². The van der Waals surface area contributed by atoms with Crippen LogP contribution in [0, 0.1) is 11.3 Å². The molecule has 2 aromatic carbocycles. The number of anilines is 1. The minimum atomic E-state index is 0.0861. The average molecular weight is 346 g/mol. The third kappa shape index (κ3) is 3.37. The van der Waals surface area contributed by atoms with E-state index in [2.05, 4.69) is 85.0 Å². The zero-order valence-electron chi connectivity index (χ0n) is 16.3. The molecule has 1 heterocycles. The first kappa shape index (κ1) is 18.2. The molecule has 3 rings (SSSR count). The molecule has 0 fully saturated rings. The highest BCUT2D eigenvalue weighted by Gasteiger charge is 2.43. The molecular weight excluding hydrogens is 318 g/mol. The summed E-state index contributed by atoms with van der Waals surface area (Å²) in [7, 11) is 4.23. The van der Waals surface area contributed by atoms with E-state index in [1.165, 1.54) is 28.2 Å². The number of rotatable bonds is 6. The lowest BCUT2D eigenvalue weighted by molar-refractivity contribution is -0.404. The molecule has 3 heteroatoms. The van der Waals surface area contributed by atoms with E-state index >= 15 is 0 Å². The quantitative estimate of drug-likeness (QED) is 0.711. The maximum atomic E-state index is 8.73. The highest BCUT2D eigenvalue weighted by molar-refractivity contribution is 5.95. The molecule has 0 bridgehead atoms. The molecule has 0 aromatic heterocycles. The van der Waals surface area contributed by atoms with Crippen molar-refractivity contribution in [3.05, 3.63) is 59.7 Å². The number of hydrogen-bond acceptors (Lipinski definition) is 2. The van der Waals surface area contributed by atoms with E-state index < -0.39 is 0 Å². The summed E-state index contributed by atoms with van der Waals surface area (Å²) in [5.74, 6) is 0. The van der Waals surface area contributed by atoms with Crippen molar-refractivity contribution in [2.45, 2.75) is 38.5 Å². The second kappa shape index (κ2) is 7.33. The lowest BCUT2D eigenvalue weighted by Crippen LogP contribution is -2.29. The first-order valence-corrected chi connectivity index (χ1v) is 9.31. The first-order valence-electron chi connectivity index (χ1n) is 9.31. The number of para-hydroxylation sites is 1. The first-order chi connectivity index (χ1) is 12.4. The van der Waals surface area contributed by atoms with Crippen molar-refractivity contribution in [1.29, 1.82) is 5.26 Å². The van der Waals surface area contributed by atoms with E-state index in [0.29, 0.717) is 6.42 Å². The minimum absolute atomic E-state index is 0.0861. The summed E-state index contributed by atoms with van der Waals surface area (Å²) in [6, 6.07) is 19.7. The standard InChI is InChI=1S/C23H28N3/c1-23(2)20-8-5-6-9-21(20)26(4)22(23)15-12-18-10-13-19(14-11-18)25(3)17-7-16-24/h5-6,8-11,13-14H,7,12,15,17H2,1-4H3/q+1. The molecule has 0 amide bonds. The van der Waals surface area contributed by atoms with Crippen LogP contribution in [0.1, 0.15) is 37.8 Å². The minimum Gasteiger partial charge on any atom is -0.374 e. The van der Waals surface area contributed by atoms with Crippen LogP contribution >= 0.6 is 0 Å². The largest absolute Gasteiger partial charge is 0.374 e. The lowest BCUT2D eigenvalue weighted by atomic mass is 9.79. The fourth-order valence-electron chi connectivity index (χ4n) is 4.02. The van der Waals surface area contributed by atoms with Crippen molar-refractivity contribution in [1.82, 2.24) is 0 Å². The van der Waals surface area contributed by atoms with Gasteiger partial charge in [-0.2, -0.15) is 5.26 Å². The van der Waals surface area contributed by atoms with Gasteiger partial charge in [-0.05, 0) is 38.0 Å². The van der Waals surface area contributed by atoms with Gasteiger partial charge in [-0.1, -0.05) is 30.3 Å². The molecule has 0 saturated carbocycles. The van der Waals surface area contributed by atoms with Gasteiger partial charge >= 0.3 is 0 Å². The van der Waals surface area contributed by atoms with Gasteiger partial charge in [-0.15, -0.1) is 0 Å². The highest BCUT2D eigenvalue weighted by Crippen LogP contribution is 2.39. The Morgan fingerprint density at radius 3 is 2.38 bits per heavy atom.